The van der Waals surface area contributed by atoms with Gasteiger partial charge in [-0.1, -0.05) is 88.1 Å². The van der Waals surface area contributed by atoms with Crippen molar-refractivity contribution in [1.29, 1.82) is 0 Å². The molecule has 4 rings (SSSR count). The fourth-order valence-corrected chi connectivity index (χ4v) is 5.93. The van der Waals surface area contributed by atoms with E-state index in [2.05, 4.69) is 13.8 Å². The maximum absolute atomic E-state index is 15.1. The average molecular weight is 507 g/mol. The second-order valence-electron chi connectivity index (χ2n) is 10.9. The first-order valence-electron chi connectivity index (χ1n) is 14.3. The van der Waals surface area contributed by atoms with E-state index < -0.39 is 11.6 Å². The molecule has 0 aliphatic heterocycles. The van der Waals surface area contributed by atoms with E-state index in [9.17, 15) is 4.39 Å². The Balaban J connectivity index is 1.37. The zero-order chi connectivity index (χ0) is 26.2. The summed E-state index contributed by atoms with van der Waals surface area (Å²) in [6, 6.07) is 16.7. The van der Waals surface area contributed by atoms with E-state index in [4.69, 9.17) is 0 Å². The van der Waals surface area contributed by atoms with Gasteiger partial charge in [-0.25, -0.2) is 13.2 Å². The molecule has 1 aliphatic carbocycles. The minimum Gasteiger partial charge on any atom is -0.207 e. The lowest BCUT2D eigenvalue weighted by molar-refractivity contribution is 0.303. The number of rotatable bonds is 11. The Kier molecular flexibility index (Phi) is 9.88. The van der Waals surface area contributed by atoms with Crippen LogP contribution < -0.4 is 0 Å². The van der Waals surface area contributed by atoms with Gasteiger partial charge in [0, 0.05) is 5.56 Å². The van der Waals surface area contributed by atoms with Gasteiger partial charge in [0.1, 0.15) is 5.82 Å². The van der Waals surface area contributed by atoms with Crippen LogP contribution in [0.5, 0.6) is 0 Å². The molecule has 0 aromatic heterocycles. The van der Waals surface area contributed by atoms with Gasteiger partial charge in [-0.3, -0.25) is 0 Å². The lowest BCUT2D eigenvalue weighted by Gasteiger charge is -2.29. The molecule has 0 nitrogen and oxygen atoms in total. The number of unbranched alkanes of at least 4 members (excludes halogenated alkanes) is 2. The molecule has 0 radical (unpaired) electrons. The Morgan fingerprint density at radius 3 is 2.08 bits per heavy atom. The summed E-state index contributed by atoms with van der Waals surface area (Å²) in [6.07, 6.45) is 12.2. The molecule has 0 atom stereocenters. The average Bonchev–Trinajstić information content (AvgIpc) is 2.91. The molecule has 3 aromatic rings. The van der Waals surface area contributed by atoms with Crippen molar-refractivity contribution >= 4 is 0 Å². The summed E-state index contributed by atoms with van der Waals surface area (Å²) in [5, 5.41) is 0. The summed E-state index contributed by atoms with van der Waals surface area (Å²) in [6.45, 7) is 4.38. The maximum Gasteiger partial charge on any atom is 0.166 e. The molecular formula is C34H41F3. The molecule has 1 fully saturated rings. The van der Waals surface area contributed by atoms with Crippen LogP contribution in [0.4, 0.5) is 13.2 Å². The second kappa shape index (κ2) is 13.3. The molecule has 1 aliphatic rings. The van der Waals surface area contributed by atoms with Crippen LogP contribution in [0.1, 0.15) is 99.8 Å². The van der Waals surface area contributed by atoms with E-state index in [1.807, 2.05) is 36.4 Å². The van der Waals surface area contributed by atoms with Gasteiger partial charge in [0.25, 0.3) is 0 Å². The lowest BCUT2D eigenvalue weighted by atomic mass is 9.77. The normalized spacial score (nSPS) is 17.8. The third kappa shape index (κ3) is 7.06. The molecule has 3 heteroatoms. The summed E-state index contributed by atoms with van der Waals surface area (Å²) in [7, 11) is 0. The minimum atomic E-state index is -0.748. The predicted octanol–water partition coefficient (Wildman–Crippen LogP) is 10.4. The van der Waals surface area contributed by atoms with E-state index in [1.54, 1.807) is 18.2 Å². The van der Waals surface area contributed by atoms with Crippen molar-refractivity contribution in [3.8, 4) is 11.1 Å². The molecule has 0 saturated heterocycles. The standard InChI is InChI=1S/C34H41F3/c1-3-5-6-8-26-14-20-29(32(35)23-26)19-13-25-11-17-28(18-12-25)31-22-21-30(33(36)34(31)37)27-15-9-24(7-4-2)10-16-27/h11-12,14,17-18,20-24,27H,3-10,13,15-16,19H2,1-2H3. The first kappa shape index (κ1) is 27.5. The highest BCUT2D eigenvalue weighted by Gasteiger charge is 2.26. The van der Waals surface area contributed by atoms with Gasteiger partial charge in [0.2, 0.25) is 0 Å². The summed E-state index contributed by atoms with van der Waals surface area (Å²) in [5.41, 5.74) is 4.33. The number of hydrogen-bond acceptors (Lipinski definition) is 0. The lowest BCUT2D eigenvalue weighted by Crippen LogP contribution is -2.14. The smallest absolute Gasteiger partial charge is 0.166 e. The third-order valence-electron chi connectivity index (χ3n) is 8.23. The summed E-state index contributed by atoms with van der Waals surface area (Å²) < 4.78 is 44.8. The van der Waals surface area contributed by atoms with Crippen LogP contribution in [0.3, 0.4) is 0 Å². The SMILES string of the molecule is CCCCCc1ccc(CCc2ccc(-c3ccc(C4CCC(CCC)CC4)c(F)c3F)cc2)c(F)c1. The highest BCUT2D eigenvalue weighted by Crippen LogP contribution is 2.40. The second-order valence-corrected chi connectivity index (χ2v) is 10.9. The van der Waals surface area contributed by atoms with Crippen molar-refractivity contribution < 1.29 is 13.2 Å². The summed E-state index contributed by atoms with van der Waals surface area (Å²) in [5.74, 6) is -0.721. The Labute approximate surface area is 221 Å². The van der Waals surface area contributed by atoms with Gasteiger partial charge in [-0.15, -0.1) is 0 Å². The van der Waals surface area contributed by atoms with Crippen LogP contribution in [-0.4, -0.2) is 0 Å². The van der Waals surface area contributed by atoms with Gasteiger partial charge in [-0.05, 0) is 97.1 Å². The Morgan fingerprint density at radius 2 is 1.41 bits per heavy atom. The van der Waals surface area contributed by atoms with E-state index in [1.165, 1.54) is 19.3 Å². The van der Waals surface area contributed by atoms with Gasteiger partial charge >= 0.3 is 0 Å². The minimum absolute atomic E-state index is 0.116. The molecular weight excluding hydrogens is 465 g/mol. The van der Waals surface area contributed by atoms with Crippen LogP contribution in [0.15, 0.2) is 54.6 Å². The monoisotopic (exact) mass is 506 g/mol. The van der Waals surface area contributed by atoms with Gasteiger partial charge < -0.3 is 0 Å². The number of hydrogen-bond donors (Lipinski definition) is 0. The molecule has 0 spiro atoms. The highest BCUT2D eigenvalue weighted by atomic mass is 19.2. The van der Waals surface area contributed by atoms with Crippen LogP contribution in [0, 0.1) is 23.4 Å². The molecule has 0 amide bonds. The first-order valence-corrected chi connectivity index (χ1v) is 14.3. The van der Waals surface area contributed by atoms with Crippen molar-refractivity contribution in [3.63, 3.8) is 0 Å². The summed E-state index contributed by atoms with van der Waals surface area (Å²) >= 11 is 0. The molecule has 37 heavy (non-hydrogen) atoms. The van der Waals surface area contributed by atoms with Crippen LogP contribution in [0.2, 0.25) is 0 Å². The quantitative estimate of drug-likeness (QED) is 0.227. The highest BCUT2D eigenvalue weighted by molar-refractivity contribution is 5.65. The molecule has 3 aromatic carbocycles. The van der Waals surface area contributed by atoms with Gasteiger partial charge in [0.05, 0.1) is 0 Å². The number of benzene rings is 3. The molecule has 0 N–H and O–H groups in total. The van der Waals surface area contributed by atoms with E-state index in [0.29, 0.717) is 29.5 Å². The fraction of sp³-hybridized carbons (Fsp3) is 0.471. The summed E-state index contributed by atoms with van der Waals surface area (Å²) in [4.78, 5) is 0. The third-order valence-corrected chi connectivity index (χ3v) is 8.23. The van der Waals surface area contributed by atoms with Crippen molar-refractivity contribution in [2.45, 2.75) is 96.8 Å². The number of halogens is 3. The molecule has 198 valence electrons. The molecule has 0 bridgehead atoms. The van der Waals surface area contributed by atoms with Gasteiger partial charge in [-0.2, -0.15) is 0 Å². The van der Waals surface area contributed by atoms with Crippen molar-refractivity contribution in [2.24, 2.45) is 5.92 Å². The topological polar surface area (TPSA) is 0 Å². The molecule has 1 saturated carbocycles. The van der Waals surface area contributed by atoms with E-state index in [0.717, 1.165) is 67.6 Å². The Morgan fingerprint density at radius 1 is 0.676 bits per heavy atom. The first-order chi connectivity index (χ1) is 18.0. The van der Waals surface area contributed by atoms with Crippen molar-refractivity contribution in [1.82, 2.24) is 0 Å². The zero-order valence-corrected chi connectivity index (χ0v) is 22.5. The van der Waals surface area contributed by atoms with Crippen molar-refractivity contribution in [2.75, 3.05) is 0 Å². The molecule has 0 unspecified atom stereocenters. The zero-order valence-electron chi connectivity index (χ0n) is 22.5. The number of aryl methyl sites for hydroxylation is 3. The van der Waals surface area contributed by atoms with E-state index in [-0.39, 0.29) is 11.7 Å². The van der Waals surface area contributed by atoms with Crippen LogP contribution in [0.25, 0.3) is 11.1 Å². The van der Waals surface area contributed by atoms with Crippen LogP contribution in [-0.2, 0) is 19.3 Å². The predicted molar refractivity (Wildman–Crippen MR) is 148 cm³/mol. The fourth-order valence-electron chi connectivity index (χ4n) is 5.93. The van der Waals surface area contributed by atoms with E-state index >= 15 is 8.78 Å². The Hall–Kier alpha value is -2.55. The maximum atomic E-state index is 15.1. The molecule has 0 heterocycles. The Bertz CT molecular complexity index is 1140. The largest absolute Gasteiger partial charge is 0.207 e. The van der Waals surface area contributed by atoms with Crippen molar-refractivity contribution in [3.05, 3.63) is 94.3 Å². The van der Waals surface area contributed by atoms with Gasteiger partial charge in [0.15, 0.2) is 11.6 Å². The van der Waals surface area contributed by atoms with Crippen LogP contribution >= 0.6 is 0 Å².